The molecule has 3 rings (SSSR count). The normalized spacial score (nSPS) is 10.5. The number of benzene rings is 2. The van der Waals surface area contributed by atoms with Gasteiger partial charge in [-0.2, -0.15) is 0 Å². The van der Waals surface area contributed by atoms with Crippen molar-refractivity contribution in [1.29, 1.82) is 0 Å². The molecule has 1 aromatic heterocycles. The van der Waals surface area contributed by atoms with Crippen molar-refractivity contribution >= 4 is 22.9 Å². The summed E-state index contributed by atoms with van der Waals surface area (Å²) in [4.78, 5) is 16.5. The molecule has 0 saturated carbocycles. The minimum absolute atomic E-state index is 0.0712. The molecule has 0 aliphatic heterocycles. The number of rotatable bonds is 6. The molecule has 4 nitrogen and oxygen atoms in total. The molecule has 0 bridgehead atoms. The maximum atomic E-state index is 12.1. The number of amides is 1. The molecule has 1 N–H and O–H groups in total. The maximum absolute atomic E-state index is 12.1. The van der Waals surface area contributed by atoms with Crippen LogP contribution in [-0.2, 0) is 17.8 Å². The lowest BCUT2D eigenvalue weighted by Gasteiger charge is -2.06. The van der Waals surface area contributed by atoms with Crippen LogP contribution in [0.3, 0.4) is 0 Å². The molecule has 1 amide bonds. The molecule has 25 heavy (non-hydrogen) atoms. The van der Waals surface area contributed by atoms with E-state index in [0.29, 0.717) is 6.61 Å². The van der Waals surface area contributed by atoms with Gasteiger partial charge < -0.3 is 10.1 Å². The monoisotopic (exact) mass is 352 g/mol. The maximum Gasteiger partial charge on any atom is 0.230 e. The van der Waals surface area contributed by atoms with Crippen LogP contribution in [0.4, 0.5) is 5.69 Å². The summed E-state index contributed by atoms with van der Waals surface area (Å²) in [6.07, 6.45) is 0.259. The van der Waals surface area contributed by atoms with Crippen molar-refractivity contribution in [1.82, 2.24) is 4.98 Å². The second kappa shape index (κ2) is 7.94. The van der Waals surface area contributed by atoms with Gasteiger partial charge in [0.1, 0.15) is 17.4 Å². The number of carbonyl (C=O) groups is 1. The highest BCUT2D eigenvalue weighted by Crippen LogP contribution is 2.19. The minimum atomic E-state index is -0.0712. The topological polar surface area (TPSA) is 51.2 Å². The van der Waals surface area contributed by atoms with E-state index in [-0.39, 0.29) is 12.3 Å². The van der Waals surface area contributed by atoms with Crippen molar-refractivity contribution in [3.05, 3.63) is 75.7 Å². The second-order valence-corrected chi connectivity index (χ2v) is 6.80. The molecule has 0 aliphatic carbocycles. The van der Waals surface area contributed by atoms with E-state index in [4.69, 9.17) is 4.74 Å². The van der Waals surface area contributed by atoms with Crippen LogP contribution >= 0.6 is 11.3 Å². The van der Waals surface area contributed by atoms with Gasteiger partial charge in [0.05, 0.1) is 12.1 Å². The number of ether oxygens (including phenoxy) is 1. The van der Waals surface area contributed by atoms with Crippen molar-refractivity contribution in [3.8, 4) is 5.75 Å². The van der Waals surface area contributed by atoms with Crippen molar-refractivity contribution < 1.29 is 9.53 Å². The summed E-state index contributed by atoms with van der Waals surface area (Å²) in [6.45, 7) is 4.55. The number of nitrogens with one attached hydrogen (secondary N) is 1. The summed E-state index contributed by atoms with van der Waals surface area (Å²) in [7, 11) is 0. The molecule has 0 unspecified atom stereocenters. The lowest BCUT2D eigenvalue weighted by Crippen LogP contribution is -2.14. The highest BCUT2D eigenvalue weighted by atomic mass is 32.1. The average molecular weight is 352 g/mol. The van der Waals surface area contributed by atoms with Crippen molar-refractivity contribution in [3.63, 3.8) is 0 Å². The first-order chi connectivity index (χ1) is 12.1. The summed E-state index contributed by atoms with van der Waals surface area (Å²) >= 11 is 1.51. The third kappa shape index (κ3) is 4.90. The first kappa shape index (κ1) is 17.2. The Hall–Kier alpha value is -2.66. The van der Waals surface area contributed by atoms with Gasteiger partial charge in [-0.15, -0.1) is 11.3 Å². The van der Waals surface area contributed by atoms with Crippen LogP contribution in [0.15, 0.2) is 53.9 Å². The fourth-order valence-electron chi connectivity index (χ4n) is 2.34. The van der Waals surface area contributed by atoms with Gasteiger partial charge in [-0.05, 0) is 49.2 Å². The molecule has 2 aromatic carbocycles. The number of aryl methyl sites for hydroxylation is 2. The Morgan fingerprint density at radius 3 is 2.68 bits per heavy atom. The van der Waals surface area contributed by atoms with Crippen LogP contribution in [0.2, 0.25) is 0 Å². The summed E-state index contributed by atoms with van der Waals surface area (Å²) in [5.41, 5.74) is 4.00. The highest BCUT2D eigenvalue weighted by molar-refractivity contribution is 7.09. The Morgan fingerprint density at radius 1 is 1.12 bits per heavy atom. The lowest BCUT2D eigenvalue weighted by atomic mass is 10.1. The predicted molar refractivity (Wildman–Crippen MR) is 101 cm³/mol. The zero-order valence-electron chi connectivity index (χ0n) is 14.3. The van der Waals surface area contributed by atoms with Gasteiger partial charge in [0.2, 0.25) is 5.91 Å². The Labute approximate surface area is 151 Å². The van der Waals surface area contributed by atoms with E-state index in [1.807, 2.05) is 53.9 Å². The molecule has 1 heterocycles. The molecule has 0 fully saturated rings. The van der Waals surface area contributed by atoms with Gasteiger partial charge >= 0.3 is 0 Å². The molecule has 0 atom stereocenters. The SMILES string of the molecule is Cc1ccc(OCc2nc(CC(=O)Nc3ccccc3)cs2)cc1C. The largest absolute Gasteiger partial charge is 0.486 e. The number of thiazole rings is 1. The molecular formula is C20H20N2O2S. The van der Waals surface area contributed by atoms with Gasteiger partial charge in [-0.1, -0.05) is 24.3 Å². The van der Waals surface area contributed by atoms with Crippen molar-refractivity contribution in [2.45, 2.75) is 26.9 Å². The van der Waals surface area contributed by atoms with E-state index in [2.05, 4.69) is 24.1 Å². The quantitative estimate of drug-likeness (QED) is 0.709. The average Bonchev–Trinajstić information content (AvgIpc) is 3.04. The number of hydrogen-bond acceptors (Lipinski definition) is 4. The molecule has 3 aromatic rings. The van der Waals surface area contributed by atoms with Crippen LogP contribution in [0.1, 0.15) is 21.8 Å². The van der Waals surface area contributed by atoms with Gasteiger partial charge in [0.25, 0.3) is 0 Å². The van der Waals surface area contributed by atoms with Crippen molar-refractivity contribution in [2.24, 2.45) is 0 Å². The summed E-state index contributed by atoms with van der Waals surface area (Å²) < 4.78 is 5.79. The third-order valence-corrected chi connectivity index (χ3v) is 4.71. The van der Waals surface area contributed by atoms with E-state index in [9.17, 15) is 4.79 Å². The first-order valence-electron chi connectivity index (χ1n) is 8.08. The zero-order valence-corrected chi connectivity index (χ0v) is 15.1. The molecule has 0 saturated heterocycles. The Bertz CT molecular complexity index is 859. The first-order valence-corrected chi connectivity index (χ1v) is 8.96. The molecule has 128 valence electrons. The van der Waals surface area contributed by atoms with Gasteiger partial charge in [-0.25, -0.2) is 4.98 Å². The number of para-hydroxylation sites is 1. The number of hydrogen-bond donors (Lipinski definition) is 1. The number of nitrogens with zero attached hydrogens (tertiary/aromatic N) is 1. The van der Waals surface area contributed by atoms with Gasteiger partial charge in [-0.3, -0.25) is 4.79 Å². The molecular weight excluding hydrogens is 332 g/mol. The molecule has 0 aliphatic rings. The molecule has 5 heteroatoms. The molecule has 0 radical (unpaired) electrons. The smallest absolute Gasteiger partial charge is 0.230 e. The van der Waals surface area contributed by atoms with E-state index in [0.717, 1.165) is 22.1 Å². The number of carbonyl (C=O) groups excluding carboxylic acids is 1. The number of anilines is 1. The predicted octanol–water partition coefficient (Wildman–Crippen LogP) is 4.52. The van der Waals surface area contributed by atoms with E-state index >= 15 is 0 Å². The Balaban J connectivity index is 1.53. The highest BCUT2D eigenvalue weighted by Gasteiger charge is 2.09. The standard InChI is InChI=1S/C20H20N2O2S/c1-14-8-9-18(10-15(14)2)24-12-20-22-17(13-25-20)11-19(23)21-16-6-4-3-5-7-16/h3-10,13H,11-12H2,1-2H3,(H,21,23). The zero-order chi connectivity index (χ0) is 17.6. The van der Waals surface area contributed by atoms with Crippen molar-refractivity contribution in [2.75, 3.05) is 5.32 Å². The fraction of sp³-hybridized carbons (Fsp3) is 0.200. The van der Waals surface area contributed by atoms with Crippen LogP contribution in [0.5, 0.6) is 5.75 Å². The third-order valence-electron chi connectivity index (χ3n) is 3.84. The van der Waals surface area contributed by atoms with E-state index in [1.165, 1.54) is 22.5 Å². The second-order valence-electron chi connectivity index (χ2n) is 5.86. The minimum Gasteiger partial charge on any atom is -0.486 e. The van der Waals surface area contributed by atoms with Crippen LogP contribution in [0.25, 0.3) is 0 Å². The lowest BCUT2D eigenvalue weighted by molar-refractivity contribution is -0.115. The number of aromatic nitrogens is 1. The van der Waals surface area contributed by atoms with Gasteiger partial charge in [0, 0.05) is 11.1 Å². The van der Waals surface area contributed by atoms with Crippen LogP contribution < -0.4 is 10.1 Å². The summed E-state index contributed by atoms with van der Waals surface area (Å²) in [5, 5.41) is 5.63. The fourth-order valence-corrected chi connectivity index (χ4v) is 3.04. The Kier molecular flexibility index (Phi) is 5.46. The van der Waals surface area contributed by atoms with Gasteiger partial charge in [0.15, 0.2) is 0 Å². The van der Waals surface area contributed by atoms with Crippen LogP contribution in [-0.4, -0.2) is 10.9 Å². The van der Waals surface area contributed by atoms with E-state index in [1.54, 1.807) is 0 Å². The summed E-state index contributed by atoms with van der Waals surface area (Å²) in [5.74, 6) is 0.764. The molecule has 0 spiro atoms. The van der Waals surface area contributed by atoms with Crippen LogP contribution in [0, 0.1) is 13.8 Å². The Morgan fingerprint density at radius 2 is 1.92 bits per heavy atom. The van der Waals surface area contributed by atoms with E-state index < -0.39 is 0 Å². The summed E-state index contributed by atoms with van der Waals surface area (Å²) in [6, 6.07) is 15.5.